The van der Waals surface area contributed by atoms with E-state index in [1.165, 1.54) is 12.8 Å². The first-order valence-corrected chi connectivity index (χ1v) is 9.64. The molecule has 1 saturated carbocycles. The zero-order valence-corrected chi connectivity index (χ0v) is 15.7. The molecule has 2 saturated heterocycles. The van der Waals surface area contributed by atoms with Crippen LogP contribution in [0.5, 0.6) is 17.2 Å². The fraction of sp³-hybridized carbons (Fsp3) is 0.700. The van der Waals surface area contributed by atoms with Crippen molar-refractivity contribution in [2.24, 2.45) is 0 Å². The highest BCUT2D eigenvalue weighted by atomic mass is 16.7. The van der Waals surface area contributed by atoms with E-state index in [4.69, 9.17) is 23.7 Å². The number of methoxy groups -OCH3 is 2. The summed E-state index contributed by atoms with van der Waals surface area (Å²) in [7, 11) is 3.29. The Morgan fingerprint density at radius 3 is 2.58 bits per heavy atom. The molecule has 0 aromatic heterocycles. The fourth-order valence-corrected chi connectivity index (χ4v) is 4.49. The topological polar surface area (TPSA) is 49.4 Å². The van der Waals surface area contributed by atoms with Crippen LogP contribution in [0, 0.1) is 0 Å². The second-order valence-electron chi connectivity index (χ2n) is 7.35. The normalized spacial score (nSPS) is 28.4. The number of rotatable bonds is 5. The molecule has 0 radical (unpaired) electrons. The third kappa shape index (κ3) is 3.50. The van der Waals surface area contributed by atoms with Gasteiger partial charge in [0.25, 0.3) is 0 Å². The Labute approximate surface area is 155 Å². The lowest BCUT2D eigenvalue weighted by Crippen LogP contribution is -2.48. The molecular weight excluding hydrogens is 334 g/mol. The van der Waals surface area contributed by atoms with Gasteiger partial charge < -0.3 is 23.7 Å². The van der Waals surface area contributed by atoms with Crippen LogP contribution in [0.2, 0.25) is 0 Å². The van der Waals surface area contributed by atoms with Crippen LogP contribution in [0.4, 0.5) is 0 Å². The van der Waals surface area contributed by atoms with Crippen LogP contribution in [0.15, 0.2) is 18.2 Å². The van der Waals surface area contributed by atoms with Crippen molar-refractivity contribution in [3.8, 4) is 17.2 Å². The SMILES string of the molecule is COc1ccc(O[C@H]2CCCC[C@@H]2N2CCC3(C2)OCCO3)cc1OC. The summed E-state index contributed by atoms with van der Waals surface area (Å²) in [5.74, 6) is 1.88. The van der Waals surface area contributed by atoms with Gasteiger partial charge in [-0.2, -0.15) is 0 Å². The third-order valence-electron chi connectivity index (χ3n) is 5.82. The minimum absolute atomic E-state index is 0.179. The van der Waals surface area contributed by atoms with E-state index in [2.05, 4.69) is 4.90 Å². The summed E-state index contributed by atoms with van der Waals surface area (Å²) in [5.41, 5.74) is 0. The highest BCUT2D eigenvalue weighted by Gasteiger charge is 2.47. The Hall–Kier alpha value is -1.50. The fourth-order valence-electron chi connectivity index (χ4n) is 4.49. The maximum atomic E-state index is 6.41. The van der Waals surface area contributed by atoms with Gasteiger partial charge in [-0.05, 0) is 31.4 Å². The summed E-state index contributed by atoms with van der Waals surface area (Å²) in [6.07, 6.45) is 5.82. The predicted octanol–water partition coefficient (Wildman–Crippen LogP) is 2.84. The molecule has 3 aliphatic rings. The Morgan fingerprint density at radius 1 is 1.04 bits per heavy atom. The van der Waals surface area contributed by atoms with Gasteiger partial charge in [-0.3, -0.25) is 4.90 Å². The van der Waals surface area contributed by atoms with Gasteiger partial charge in [0.1, 0.15) is 11.9 Å². The first-order chi connectivity index (χ1) is 12.7. The molecule has 0 bridgehead atoms. The molecule has 144 valence electrons. The number of ether oxygens (including phenoxy) is 5. The lowest BCUT2D eigenvalue weighted by Gasteiger charge is -2.38. The van der Waals surface area contributed by atoms with Crippen LogP contribution >= 0.6 is 0 Å². The molecule has 2 aliphatic heterocycles. The zero-order valence-electron chi connectivity index (χ0n) is 15.7. The average Bonchev–Trinajstić information content (AvgIpc) is 3.32. The zero-order chi connectivity index (χ0) is 18.0. The van der Waals surface area contributed by atoms with Crippen LogP contribution in [-0.2, 0) is 9.47 Å². The average molecular weight is 363 g/mol. The van der Waals surface area contributed by atoms with Crippen molar-refractivity contribution in [3.63, 3.8) is 0 Å². The van der Waals surface area contributed by atoms with Crippen molar-refractivity contribution < 1.29 is 23.7 Å². The quantitative estimate of drug-likeness (QED) is 0.802. The molecule has 3 fully saturated rings. The lowest BCUT2D eigenvalue weighted by atomic mass is 9.91. The smallest absolute Gasteiger partial charge is 0.182 e. The molecular formula is C20H29NO5. The van der Waals surface area contributed by atoms with E-state index in [1.807, 2.05) is 18.2 Å². The van der Waals surface area contributed by atoms with Gasteiger partial charge in [0, 0.05) is 25.1 Å². The molecule has 26 heavy (non-hydrogen) atoms. The molecule has 1 aromatic carbocycles. The summed E-state index contributed by atoms with van der Waals surface area (Å²) in [4.78, 5) is 2.51. The van der Waals surface area contributed by atoms with Crippen LogP contribution in [0.25, 0.3) is 0 Å². The lowest BCUT2D eigenvalue weighted by molar-refractivity contribution is -0.148. The monoisotopic (exact) mass is 363 g/mol. The van der Waals surface area contributed by atoms with E-state index in [0.717, 1.165) is 43.9 Å². The Balaban J connectivity index is 1.46. The third-order valence-corrected chi connectivity index (χ3v) is 5.82. The number of nitrogens with zero attached hydrogens (tertiary/aromatic N) is 1. The van der Waals surface area contributed by atoms with Gasteiger partial charge in [0.05, 0.1) is 34.0 Å². The molecule has 4 rings (SSSR count). The van der Waals surface area contributed by atoms with Crippen molar-refractivity contribution in [3.05, 3.63) is 18.2 Å². The summed E-state index contributed by atoms with van der Waals surface area (Å²) in [6, 6.07) is 6.18. The number of likely N-dealkylation sites (tertiary alicyclic amines) is 1. The standard InChI is InChI=1S/C20H29NO5/c1-22-18-8-7-15(13-19(18)23-2)26-17-6-4-3-5-16(17)21-10-9-20(14-21)24-11-12-25-20/h7-8,13,16-17H,3-6,9-12,14H2,1-2H3/t16-,17-/m0/s1. The van der Waals surface area contributed by atoms with Crippen molar-refractivity contribution >= 4 is 0 Å². The minimum atomic E-state index is -0.370. The van der Waals surface area contributed by atoms with Crippen LogP contribution in [0.1, 0.15) is 32.1 Å². The van der Waals surface area contributed by atoms with Gasteiger partial charge in [-0.25, -0.2) is 0 Å². The molecule has 1 spiro atoms. The number of benzene rings is 1. The highest BCUT2D eigenvalue weighted by molar-refractivity contribution is 5.45. The van der Waals surface area contributed by atoms with Crippen LogP contribution < -0.4 is 14.2 Å². The van der Waals surface area contributed by atoms with Crippen molar-refractivity contribution in [2.45, 2.75) is 50.0 Å². The molecule has 6 nitrogen and oxygen atoms in total. The Kier molecular flexibility index (Phi) is 5.25. The van der Waals surface area contributed by atoms with Crippen molar-refractivity contribution in [1.82, 2.24) is 4.90 Å². The van der Waals surface area contributed by atoms with Crippen LogP contribution in [-0.4, -0.2) is 63.4 Å². The second-order valence-corrected chi connectivity index (χ2v) is 7.35. The highest BCUT2D eigenvalue weighted by Crippen LogP contribution is 2.37. The van der Waals surface area contributed by atoms with Gasteiger partial charge >= 0.3 is 0 Å². The maximum absolute atomic E-state index is 6.41. The first kappa shape index (κ1) is 17.9. The Bertz CT molecular complexity index is 616. The number of hydrogen-bond acceptors (Lipinski definition) is 6. The van der Waals surface area contributed by atoms with Crippen molar-refractivity contribution in [1.29, 1.82) is 0 Å². The molecule has 2 atom stereocenters. The van der Waals surface area contributed by atoms with E-state index in [9.17, 15) is 0 Å². The van der Waals surface area contributed by atoms with E-state index in [0.29, 0.717) is 25.0 Å². The predicted molar refractivity (Wildman–Crippen MR) is 97.0 cm³/mol. The molecule has 1 aromatic rings. The molecule has 6 heteroatoms. The first-order valence-electron chi connectivity index (χ1n) is 9.64. The van der Waals surface area contributed by atoms with Gasteiger partial charge in [0.15, 0.2) is 17.3 Å². The molecule has 0 N–H and O–H groups in total. The van der Waals surface area contributed by atoms with E-state index < -0.39 is 0 Å². The molecule has 0 amide bonds. The van der Waals surface area contributed by atoms with Gasteiger partial charge in [-0.15, -0.1) is 0 Å². The Morgan fingerprint density at radius 2 is 1.81 bits per heavy atom. The summed E-state index contributed by atoms with van der Waals surface area (Å²) in [5, 5.41) is 0. The minimum Gasteiger partial charge on any atom is -0.493 e. The summed E-state index contributed by atoms with van der Waals surface area (Å²) >= 11 is 0. The molecule has 0 unspecified atom stereocenters. The van der Waals surface area contributed by atoms with Gasteiger partial charge in [-0.1, -0.05) is 6.42 Å². The molecule has 1 aliphatic carbocycles. The van der Waals surface area contributed by atoms with E-state index >= 15 is 0 Å². The maximum Gasteiger partial charge on any atom is 0.182 e. The van der Waals surface area contributed by atoms with Gasteiger partial charge in [0.2, 0.25) is 0 Å². The van der Waals surface area contributed by atoms with Crippen LogP contribution in [0.3, 0.4) is 0 Å². The number of hydrogen-bond donors (Lipinski definition) is 0. The largest absolute Gasteiger partial charge is 0.493 e. The molecule has 2 heterocycles. The van der Waals surface area contributed by atoms with E-state index in [-0.39, 0.29) is 11.9 Å². The second kappa shape index (κ2) is 7.62. The summed E-state index contributed by atoms with van der Waals surface area (Å²) < 4.78 is 28.9. The van der Waals surface area contributed by atoms with Crippen molar-refractivity contribution in [2.75, 3.05) is 40.5 Å². The van der Waals surface area contributed by atoms with E-state index in [1.54, 1.807) is 14.2 Å². The summed E-state index contributed by atoms with van der Waals surface area (Å²) in [6.45, 7) is 3.29.